The lowest BCUT2D eigenvalue weighted by molar-refractivity contribution is -0.134. The number of rotatable bonds is 11. The summed E-state index contributed by atoms with van der Waals surface area (Å²) in [6.07, 6.45) is 8.29. The van der Waals surface area contributed by atoms with Crippen molar-refractivity contribution < 1.29 is 19.1 Å². The topological polar surface area (TPSA) is 145 Å². The zero-order valence-corrected chi connectivity index (χ0v) is 28.4. The van der Waals surface area contributed by atoms with Crippen LogP contribution in [0, 0.1) is 0 Å². The third kappa shape index (κ3) is 7.23. The second-order valence-corrected chi connectivity index (χ2v) is 12.8. The highest BCUT2D eigenvalue weighted by Gasteiger charge is 2.26. The molecule has 2 atom stereocenters. The van der Waals surface area contributed by atoms with Crippen LogP contribution in [-0.4, -0.2) is 69.5 Å². The maximum absolute atomic E-state index is 12.5. The van der Waals surface area contributed by atoms with Gasteiger partial charge >= 0.3 is 0 Å². The molecule has 2 aliphatic rings. The number of nitrogens with zero attached hydrogens (tertiary/aromatic N) is 5. The number of nitrogens with one attached hydrogen (secondary N) is 1. The first-order chi connectivity index (χ1) is 23.2. The van der Waals surface area contributed by atoms with Gasteiger partial charge in [-0.2, -0.15) is 0 Å². The highest BCUT2D eigenvalue weighted by molar-refractivity contribution is 6.39. The lowest BCUT2D eigenvalue weighted by Crippen LogP contribution is -2.45. The second-order valence-electron chi connectivity index (χ2n) is 12.0. The number of likely N-dealkylation sites (tertiary alicyclic amines) is 1. The van der Waals surface area contributed by atoms with E-state index in [1.165, 1.54) is 7.11 Å². The molecule has 48 heavy (non-hydrogen) atoms. The minimum atomic E-state index is -0.0648. The van der Waals surface area contributed by atoms with E-state index < -0.39 is 0 Å². The standard InChI is InChI=1S/C35H37Cl2N7O4/c1-47-34-26(11-3-6-21-13-14-30(45)41-21)39-16-27(42-34)24-9-4-7-22(32(24)36)23-8-5-10-25(33(23)37)28-17-40-29(35(43-28)48-2)19-44-18-20(38)12-15-31(44)46/h4-5,7-10,16-17,20-21H,3,6,11-15,18-19,38H2,1-2H3,(H,41,45)/t20-,21+/m0/s1. The van der Waals surface area contributed by atoms with Crippen molar-refractivity contribution in [2.75, 3.05) is 20.8 Å². The molecule has 0 spiro atoms. The van der Waals surface area contributed by atoms with Gasteiger partial charge in [0.05, 0.1) is 54.6 Å². The van der Waals surface area contributed by atoms with Crippen LogP contribution in [0.25, 0.3) is 33.6 Å². The number of amides is 2. The van der Waals surface area contributed by atoms with Crippen molar-refractivity contribution in [2.45, 2.75) is 63.6 Å². The van der Waals surface area contributed by atoms with E-state index in [0.717, 1.165) is 25.0 Å². The Hall–Kier alpha value is -4.32. The van der Waals surface area contributed by atoms with Crippen LogP contribution in [0.5, 0.6) is 11.8 Å². The lowest BCUT2D eigenvalue weighted by Gasteiger charge is -2.30. The van der Waals surface area contributed by atoms with Crippen molar-refractivity contribution in [3.05, 3.63) is 70.2 Å². The number of carbonyl (C=O) groups is 2. The quantitative estimate of drug-likeness (QED) is 0.204. The van der Waals surface area contributed by atoms with E-state index in [2.05, 4.69) is 15.3 Å². The van der Waals surface area contributed by atoms with E-state index in [1.54, 1.807) is 24.4 Å². The van der Waals surface area contributed by atoms with Gasteiger partial charge in [0.1, 0.15) is 11.4 Å². The van der Waals surface area contributed by atoms with Gasteiger partial charge in [0, 0.05) is 53.7 Å². The van der Waals surface area contributed by atoms with Gasteiger partial charge in [0.25, 0.3) is 0 Å². The van der Waals surface area contributed by atoms with Gasteiger partial charge in [0.15, 0.2) is 0 Å². The maximum Gasteiger partial charge on any atom is 0.237 e. The van der Waals surface area contributed by atoms with Gasteiger partial charge in [-0.3, -0.25) is 19.6 Å². The number of ether oxygens (including phenoxy) is 2. The van der Waals surface area contributed by atoms with Crippen LogP contribution in [0.3, 0.4) is 0 Å². The summed E-state index contributed by atoms with van der Waals surface area (Å²) in [5.74, 6) is 0.896. The minimum absolute atomic E-state index is 0.0341. The summed E-state index contributed by atoms with van der Waals surface area (Å²) in [7, 11) is 3.09. The summed E-state index contributed by atoms with van der Waals surface area (Å²) < 4.78 is 11.2. The zero-order chi connectivity index (χ0) is 33.8. The normalized spacial score (nSPS) is 17.8. The summed E-state index contributed by atoms with van der Waals surface area (Å²) in [5.41, 5.74) is 11.2. The summed E-state index contributed by atoms with van der Waals surface area (Å²) in [4.78, 5) is 44.4. The third-order valence-corrected chi connectivity index (χ3v) is 9.59. The monoisotopic (exact) mass is 689 g/mol. The molecule has 2 fully saturated rings. The van der Waals surface area contributed by atoms with Crippen molar-refractivity contribution >= 4 is 35.0 Å². The molecule has 6 rings (SSSR count). The molecule has 250 valence electrons. The number of halogens is 2. The van der Waals surface area contributed by atoms with E-state index >= 15 is 0 Å². The highest BCUT2D eigenvalue weighted by Crippen LogP contribution is 2.42. The number of hydrogen-bond acceptors (Lipinski definition) is 9. The SMILES string of the molecule is COc1nc(-c2cccc(-c3cccc(-c4cnc(CN5C[C@@H](N)CCC5=O)c(OC)n4)c3Cl)c2Cl)cnc1CCC[C@@H]1CCC(=O)N1. The second kappa shape index (κ2) is 14.8. The van der Waals surface area contributed by atoms with Crippen molar-refractivity contribution in [1.29, 1.82) is 0 Å². The van der Waals surface area contributed by atoms with E-state index in [1.807, 2.05) is 36.4 Å². The predicted octanol–water partition coefficient (Wildman–Crippen LogP) is 5.64. The molecule has 0 saturated carbocycles. The molecule has 11 nitrogen and oxygen atoms in total. The Morgan fingerprint density at radius 1 is 0.854 bits per heavy atom. The van der Waals surface area contributed by atoms with E-state index in [4.69, 9.17) is 48.4 Å². The van der Waals surface area contributed by atoms with Gasteiger partial charge in [-0.1, -0.05) is 59.6 Å². The number of nitrogens with two attached hydrogens (primary N) is 1. The first kappa shape index (κ1) is 33.6. The number of piperidine rings is 1. The Bertz CT molecular complexity index is 1840. The molecule has 2 amide bonds. The van der Waals surface area contributed by atoms with Gasteiger partial charge in [-0.15, -0.1) is 0 Å². The number of benzene rings is 2. The average Bonchev–Trinajstić information content (AvgIpc) is 3.51. The molecule has 4 aromatic rings. The van der Waals surface area contributed by atoms with Crippen molar-refractivity contribution in [3.63, 3.8) is 0 Å². The molecular weight excluding hydrogens is 653 g/mol. The van der Waals surface area contributed by atoms with Gasteiger partial charge < -0.3 is 25.4 Å². The largest absolute Gasteiger partial charge is 0.480 e. The zero-order valence-electron chi connectivity index (χ0n) is 26.8. The maximum atomic E-state index is 12.5. The molecule has 2 aromatic carbocycles. The molecule has 2 aliphatic heterocycles. The summed E-state index contributed by atoms with van der Waals surface area (Å²) in [6, 6.07) is 11.4. The number of aromatic nitrogens is 4. The number of aryl methyl sites for hydroxylation is 1. The van der Waals surface area contributed by atoms with Crippen molar-refractivity contribution in [2.24, 2.45) is 5.73 Å². The Morgan fingerprint density at radius 2 is 1.44 bits per heavy atom. The van der Waals surface area contributed by atoms with Crippen LogP contribution in [-0.2, 0) is 22.6 Å². The number of hydrogen-bond donors (Lipinski definition) is 2. The van der Waals surface area contributed by atoms with Gasteiger partial charge in [0.2, 0.25) is 23.6 Å². The molecule has 2 saturated heterocycles. The summed E-state index contributed by atoms with van der Waals surface area (Å²) in [6.45, 7) is 0.720. The van der Waals surface area contributed by atoms with Crippen LogP contribution in [0.1, 0.15) is 49.9 Å². The molecule has 13 heteroatoms. The molecule has 0 aliphatic carbocycles. The van der Waals surface area contributed by atoms with Crippen LogP contribution < -0.4 is 20.5 Å². The van der Waals surface area contributed by atoms with Crippen molar-refractivity contribution in [1.82, 2.24) is 30.2 Å². The van der Waals surface area contributed by atoms with Gasteiger partial charge in [-0.25, -0.2) is 9.97 Å². The van der Waals surface area contributed by atoms with E-state index in [-0.39, 0.29) is 30.4 Å². The van der Waals surface area contributed by atoms with Crippen LogP contribution >= 0.6 is 23.2 Å². The summed E-state index contributed by atoms with van der Waals surface area (Å²) in [5, 5.41) is 3.91. The van der Waals surface area contributed by atoms with Crippen LogP contribution in [0.4, 0.5) is 0 Å². The highest BCUT2D eigenvalue weighted by atomic mass is 35.5. The van der Waals surface area contributed by atoms with Crippen molar-refractivity contribution in [3.8, 4) is 45.4 Å². The smallest absolute Gasteiger partial charge is 0.237 e. The fraction of sp³-hybridized carbons (Fsp3) is 0.371. The van der Waals surface area contributed by atoms with Crippen LogP contribution in [0.2, 0.25) is 10.0 Å². The number of carbonyl (C=O) groups excluding carboxylic acids is 2. The number of methoxy groups -OCH3 is 2. The molecule has 4 heterocycles. The Morgan fingerprint density at radius 3 is 2.02 bits per heavy atom. The Labute approximate surface area is 289 Å². The summed E-state index contributed by atoms with van der Waals surface area (Å²) >= 11 is 14.1. The third-order valence-electron chi connectivity index (χ3n) is 8.78. The van der Waals surface area contributed by atoms with Crippen LogP contribution in [0.15, 0.2) is 48.8 Å². The fourth-order valence-electron chi connectivity index (χ4n) is 6.22. The van der Waals surface area contributed by atoms with Gasteiger partial charge in [-0.05, 0) is 32.1 Å². The van der Waals surface area contributed by atoms with E-state index in [9.17, 15) is 9.59 Å². The Kier molecular flexibility index (Phi) is 10.4. The van der Waals surface area contributed by atoms with E-state index in [0.29, 0.717) is 93.4 Å². The molecule has 0 unspecified atom stereocenters. The predicted molar refractivity (Wildman–Crippen MR) is 184 cm³/mol. The lowest BCUT2D eigenvalue weighted by atomic mass is 9.98. The first-order valence-electron chi connectivity index (χ1n) is 16.0. The first-order valence-corrected chi connectivity index (χ1v) is 16.7. The fourth-order valence-corrected chi connectivity index (χ4v) is 6.87. The molecule has 0 radical (unpaired) electrons. The average molecular weight is 691 g/mol. The molecule has 2 aromatic heterocycles. The molecule has 3 N–H and O–H groups in total. The molecule has 0 bridgehead atoms. The Balaban J connectivity index is 1.24. The molecular formula is C35H37Cl2N7O4. The minimum Gasteiger partial charge on any atom is -0.480 e.